The summed E-state index contributed by atoms with van der Waals surface area (Å²) in [5, 5.41) is 3.94. The van der Waals surface area contributed by atoms with E-state index in [2.05, 4.69) is 22.4 Å². The van der Waals surface area contributed by atoms with Crippen LogP contribution in [0.3, 0.4) is 0 Å². The van der Waals surface area contributed by atoms with E-state index in [-0.39, 0.29) is 12.0 Å². The molecule has 0 radical (unpaired) electrons. The normalized spacial score (nSPS) is 17.6. The highest BCUT2D eigenvalue weighted by atomic mass is 32.1. The lowest BCUT2D eigenvalue weighted by molar-refractivity contribution is 0.0860. The quantitative estimate of drug-likeness (QED) is 0.922. The predicted octanol–water partition coefficient (Wildman–Crippen LogP) is 2.95. The Labute approximate surface area is 134 Å². The highest BCUT2D eigenvalue weighted by Gasteiger charge is 2.19. The van der Waals surface area contributed by atoms with Crippen LogP contribution in [-0.4, -0.2) is 30.1 Å². The molecular weight excluding hydrogens is 296 g/mol. The zero-order chi connectivity index (χ0) is 15.4. The Bertz CT molecular complexity index is 633. The molecule has 1 aliphatic heterocycles. The van der Waals surface area contributed by atoms with Crippen LogP contribution in [0.25, 0.3) is 0 Å². The first-order valence-corrected chi connectivity index (χ1v) is 8.44. The molecule has 5 heteroatoms. The average Bonchev–Trinajstić information content (AvgIpc) is 3.16. The number of aromatic nitrogens is 1. The second-order valence-electron chi connectivity index (χ2n) is 5.53. The monoisotopic (exact) mass is 316 g/mol. The topological polar surface area (TPSA) is 51.2 Å². The standard InChI is InChI=1S/C17H20N2O2S/c1-12-16(17(20)18-11-14-8-5-9-21-14)22-15(19-12)10-13-6-3-2-4-7-13/h2-4,6-7,14H,5,8-11H2,1H3,(H,18,20). The van der Waals surface area contributed by atoms with Crippen molar-refractivity contribution in [2.75, 3.05) is 13.2 Å². The molecule has 1 aromatic carbocycles. The van der Waals surface area contributed by atoms with Gasteiger partial charge in [0, 0.05) is 19.6 Å². The fourth-order valence-electron chi connectivity index (χ4n) is 2.60. The molecule has 0 saturated carbocycles. The van der Waals surface area contributed by atoms with Crippen LogP contribution in [-0.2, 0) is 11.2 Å². The number of benzene rings is 1. The summed E-state index contributed by atoms with van der Waals surface area (Å²) in [6.45, 7) is 3.29. The van der Waals surface area contributed by atoms with Gasteiger partial charge in [-0.2, -0.15) is 0 Å². The average molecular weight is 316 g/mol. The first-order chi connectivity index (χ1) is 10.7. The second kappa shape index (κ2) is 7.03. The van der Waals surface area contributed by atoms with Gasteiger partial charge in [0.25, 0.3) is 5.91 Å². The highest BCUT2D eigenvalue weighted by Crippen LogP contribution is 2.21. The number of nitrogens with zero attached hydrogens (tertiary/aromatic N) is 1. The van der Waals surface area contributed by atoms with Crippen molar-refractivity contribution >= 4 is 17.2 Å². The number of carbonyl (C=O) groups is 1. The van der Waals surface area contributed by atoms with Gasteiger partial charge in [-0.3, -0.25) is 4.79 Å². The van der Waals surface area contributed by atoms with Crippen molar-refractivity contribution in [1.82, 2.24) is 10.3 Å². The van der Waals surface area contributed by atoms with Gasteiger partial charge in [0.05, 0.1) is 16.8 Å². The third-order valence-electron chi connectivity index (χ3n) is 3.76. The molecule has 1 N–H and O–H groups in total. The van der Waals surface area contributed by atoms with Gasteiger partial charge in [0.2, 0.25) is 0 Å². The van der Waals surface area contributed by atoms with Crippen molar-refractivity contribution < 1.29 is 9.53 Å². The van der Waals surface area contributed by atoms with Crippen molar-refractivity contribution in [3.63, 3.8) is 0 Å². The molecule has 3 rings (SSSR count). The van der Waals surface area contributed by atoms with Crippen LogP contribution in [0.1, 0.15) is 38.8 Å². The summed E-state index contributed by atoms with van der Waals surface area (Å²) >= 11 is 1.48. The number of nitrogens with one attached hydrogen (secondary N) is 1. The predicted molar refractivity (Wildman–Crippen MR) is 87.4 cm³/mol. The minimum absolute atomic E-state index is 0.0372. The first-order valence-electron chi connectivity index (χ1n) is 7.62. The molecule has 0 spiro atoms. The van der Waals surface area contributed by atoms with E-state index in [0.717, 1.165) is 36.6 Å². The maximum atomic E-state index is 12.3. The number of aryl methyl sites for hydroxylation is 1. The Morgan fingerprint density at radius 1 is 1.41 bits per heavy atom. The third kappa shape index (κ3) is 3.72. The Morgan fingerprint density at radius 2 is 2.23 bits per heavy atom. The van der Waals surface area contributed by atoms with Gasteiger partial charge < -0.3 is 10.1 Å². The van der Waals surface area contributed by atoms with Crippen LogP contribution >= 0.6 is 11.3 Å². The lowest BCUT2D eigenvalue weighted by Gasteiger charge is -2.09. The van der Waals surface area contributed by atoms with E-state index in [1.807, 2.05) is 25.1 Å². The maximum Gasteiger partial charge on any atom is 0.263 e. The van der Waals surface area contributed by atoms with Crippen LogP contribution in [0.2, 0.25) is 0 Å². The summed E-state index contributed by atoms with van der Waals surface area (Å²) in [5.41, 5.74) is 2.02. The van der Waals surface area contributed by atoms with Gasteiger partial charge in [-0.05, 0) is 25.3 Å². The smallest absolute Gasteiger partial charge is 0.263 e. The Morgan fingerprint density at radius 3 is 2.95 bits per heavy atom. The summed E-state index contributed by atoms with van der Waals surface area (Å²) in [5.74, 6) is -0.0372. The largest absolute Gasteiger partial charge is 0.376 e. The minimum atomic E-state index is -0.0372. The van der Waals surface area contributed by atoms with E-state index in [1.54, 1.807) is 0 Å². The van der Waals surface area contributed by atoms with E-state index in [4.69, 9.17) is 4.74 Å². The van der Waals surface area contributed by atoms with Gasteiger partial charge in [-0.25, -0.2) is 4.98 Å². The van der Waals surface area contributed by atoms with Gasteiger partial charge in [-0.1, -0.05) is 30.3 Å². The molecule has 2 heterocycles. The zero-order valence-electron chi connectivity index (χ0n) is 12.7. The highest BCUT2D eigenvalue weighted by molar-refractivity contribution is 7.13. The molecule has 116 valence electrons. The molecule has 4 nitrogen and oxygen atoms in total. The first kappa shape index (κ1) is 15.2. The molecule has 1 atom stereocenters. The van der Waals surface area contributed by atoms with Gasteiger partial charge in [0.15, 0.2) is 0 Å². The third-order valence-corrected chi connectivity index (χ3v) is 4.92. The Hall–Kier alpha value is -1.72. The zero-order valence-corrected chi connectivity index (χ0v) is 13.5. The molecule has 22 heavy (non-hydrogen) atoms. The van der Waals surface area contributed by atoms with Crippen molar-refractivity contribution in [1.29, 1.82) is 0 Å². The second-order valence-corrected chi connectivity index (χ2v) is 6.61. The van der Waals surface area contributed by atoms with Gasteiger partial charge in [-0.15, -0.1) is 11.3 Å². The van der Waals surface area contributed by atoms with Crippen molar-refractivity contribution in [2.24, 2.45) is 0 Å². The van der Waals surface area contributed by atoms with Crippen molar-refractivity contribution in [3.8, 4) is 0 Å². The van der Waals surface area contributed by atoms with Crippen molar-refractivity contribution in [2.45, 2.75) is 32.3 Å². The molecule has 1 fully saturated rings. The van der Waals surface area contributed by atoms with Crippen LogP contribution in [0.4, 0.5) is 0 Å². The summed E-state index contributed by atoms with van der Waals surface area (Å²) in [7, 11) is 0. The summed E-state index contributed by atoms with van der Waals surface area (Å²) in [4.78, 5) is 17.5. The molecule has 1 saturated heterocycles. The lowest BCUT2D eigenvalue weighted by Crippen LogP contribution is -2.31. The molecule has 0 bridgehead atoms. The summed E-state index contributed by atoms with van der Waals surface area (Å²) < 4.78 is 5.53. The number of thiazole rings is 1. The summed E-state index contributed by atoms with van der Waals surface area (Å²) in [6, 6.07) is 10.2. The van der Waals surface area contributed by atoms with E-state index in [1.165, 1.54) is 16.9 Å². The molecule has 1 aromatic heterocycles. The minimum Gasteiger partial charge on any atom is -0.376 e. The number of amides is 1. The van der Waals surface area contributed by atoms with Gasteiger partial charge >= 0.3 is 0 Å². The SMILES string of the molecule is Cc1nc(Cc2ccccc2)sc1C(=O)NCC1CCCO1. The molecule has 2 aromatic rings. The van der Waals surface area contributed by atoms with Crippen LogP contribution < -0.4 is 5.32 Å². The van der Waals surface area contributed by atoms with Crippen LogP contribution in [0, 0.1) is 6.92 Å². The molecule has 1 amide bonds. The summed E-state index contributed by atoms with van der Waals surface area (Å²) in [6.07, 6.45) is 3.05. The maximum absolute atomic E-state index is 12.3. The molecule has 1 aliphatic rings. The number of hydrogen-bond donors (Lipinski definition) is 1. The van der Waals surface area contributed by atoms with Crippen LogP contribution in [0.5, 0.6) is 0 Å². The number of rotatable bonds is 5. The number of carbonyl (C=O) groups excluding carboxylic acids is 1. The Balaban J connectivity index is 1.62. The van der Waals surface area contributed by atoms with E-state index in [0.29, 0.717) is 11.4 Å². The molecular formula is C17H20N2O2S. The fraction of sp³-hybridized carbons (Fsp3) is 0.412. The van der Waals surface area contributed by atoms with E-state index in [9.17, 15) is 4.79 Å². The van der Waals surface area contributed by atoms with Crippen molar-refractivity contribution in [3.05, 3.63) is 51.5 Å². The fourth-order valence-corrected chi connectivity index (χ4v) is 3.62. The van der Waals surface area contributed by atoms with Crippen LogP contribution in [0.15, 0.2) is 30.3 Å². The number of hydrogen-bond acceptors (Lipinski definition) is 4. The van der Waals surface area contributed by atoms with Gasteiger partial charge in [0.1, 0.15) is 4.88 Å². The Kier molecular flexibility index (Phi) is 4.85. The van der Waals surface area contributed by atoms with E-state index >= 15 is 0 Å². The molecule has 0 aliphatic carbocycles. The lowest BCUT2D eigenvalue weighted by atomic mass is 10.2. The molecule has 1 unspecified atom stereocenters. The van der Waals surface area contributed by atoms with E-state index < -0.39 is 0 Å². The number of ether oxygens (including phenoxy) is 1.